The van der Waals surface area contributed by atoms with E-state index in [-0.39, 0.29) is 29.7 Å². The van der Waals surface area contributed by atoms with E-state index >= 15 is 0 Å². The molecule has 0 saturated heterocycles. The van der Waals surface area contributed by atoms with E-state index in [9.17, 15) is 19.8 Å². The molecule has 2 atom stereocenters. The SMILES string of the molecule is [N-]=[N+]=NCCC(O)C(O)c1cc(C=O)cc(C=O)c1. The van der Waals surface area contributed by atoms with Gasteiger partial charge >= 0.3 is 0 Å². The molecule has 0 aliphatic rings. The number of rotatable bonds is 7. The predicted molar refractivity (Wildman–Crippen MR) is 66.8 cm³/mol. The molecule has 0 spiro atoms. The summed E-state index contributed by atoms with van der Waals surface area (Å²) in [6.07, 6.45) is -1.22. The standard InChI is InChI=1S/C12H13N3O4/c13-15-14-2-1-11(18)12(19)10-4-8(6-16)3-9(5-10)7-17/h3-7,11-12,18-19H,1-2H2. The number of nitrogens with zero attached hydrogens (tertiary/aromatic N) is 3. The van der Waals surface area contributed by atoms with Gasteiger partial charge in [-0.2, -0.15) is 0 Å². The molecule has 0 heterocycles. The summed E-state index contributed by atoms with van der Waals surface area (Å²) in [5.74, 6) is 0. The number of hydrogen-bond donors (Lipinski definition) is 2. The van der Waals surface area contributed by atoms with Crippen LogP contribution in [0.15, 0.2) is 23.3 Å². The Bertz CT molecular complexity index is 485. The fourth-order valence-electron chi connectivity index (χ4n) is 1.62. The van der Waals surface area contributed by atoms with Gasteiger partial charge in [0.05, 0.1) is 6.10 Å². The minimum atomic E-state index is -1.26. The first-order valence-corrected chi connectivity index (χ1v) is 5.54. The number of benzene rings is 1. The highest BCUT2D eigenvalue weighted by molar-refractivity contribution is 5.82. The third kappa shape index (κ3) is 4.18. The third-order valence-electron chi connectivity index (χ3n) is 2.57. The number of aldehydes is 2. The molecule has 0 aliphatic carbocycles. The van der Waals surface area contributed by atoms with E-state index in [0.717, 1.165) is 0 Å². The molecule has 0 saturated carbocycles. The zero-order valence-electron chi connectivity index (χ0n) is 10.0. The van der Waals surface area contributed by atoms with Gasteiger partial charge in [-0.1, -0.05) is 5.11 Å². The van der Waals surface area contributed by atoms with Gasteiger partial charge in [0.2, 0.25) is 0 Å². The molecule has 1 aromatic rings. The van der Waals surface area contributed by atoms with Gasteiger partial charge in [0.15, 0.2) is 0 Å². The van der Waals surface area contributed by atoms with E-state index in [0.29, 0.717) is 12.6 Å². The summed E-state index contributed by atoms with van der Waals surface area (Å²) >= 11 is 0. The summed E-state index contributed by atoms with van der Waals surface area (Å²) in [6.45, 7) is 0.0443. The van der Waals surface area contributed by atoms with Gasteiger partial charge in [-0.15, -0.1) is 0 Å². The lowest BCUT2D eigenvalue weighted by Crippen LogP contribution is -2.19. The summed E-state index contributed by atoms with van der Waals surface area (Å²) < 4.78 is 0. The normalized spacial score (nSPS) is 13.2. The lowest BCUT2D eigenvalue weighted by Gasteiger charge is -2.18. The molecule has 1 aromatic carbocycles. The monoisotopic (exact) mass is 263 g/mol. The molecule has 0 fully saturated rings. The molecule has 7 nitrogen and oxygen atoms in total. The Kier molecular flexibility index (Phi) is 5.69. The largest absolute Gasteiger partial charge is 0.390 e. The molecular formula is C12H13N3O4. The fourth-order valence-corrected chi connectivity index (χ4v) is 1.62. The average Bonchev–Trinajstić information content (AvgIpc) is 2.45. The van der Waals surface area contributed by atoms with Crippen LogP contribution in [0, 0.1) is 0 Å². The Hall–Kier alpha value is -2.21. The maximum atomic E-state index is 10.7. The van der Waals surface area contributed by atoms with Crippen molar-refractivity contribution in [3.8, 4) is 0 Å². The third-order valence-corrected chi connectivity index (χ3v) is 2.57. The fraction of sp³-hybridized carbons (Fsp3) is 0.333. The van der Waals surface area contributed by atoms with Crippen molar-refractivity contribution in [3.63, 3.8) is 0 Å². The Balaban J connectivity index is 2.90. The lowest BCUT2D eigenvalue weighted by molar-refractivity contribution is 0.0150. The molecular weight excluding hydrogens is 250 g/mol. The maximum absolute atomic E-state index is 10.7. The maximum Gasteiger partial charge on any atom is 0.150 e. The minimum Gasteiger partial charge on any atom is -0.390 e. The molecule has 0 aromatic heterocycles. The molecule has 0 radical (unpaired) electrons. The second-order valence-electron chi connectivity index (χ2n) is 3.92. The van der Waals surface area contributed by atoms with E-state index in [1.54, 1.807) is 0 Å². The van der Waals surface area contributed by atoms with Crippen LogP contribution in [0.3, 0.4) is 0 Å². The van der Waals surface area contributed by atoms with Gasteiger partial charge in [0.1, 0.15) is 18.7 Å². The molecule has 19 heavy (non-hydrogen) atoms. The smallest absolute Gasteiger partial charge is 0.150 e. The van der Waals surface area contributed by atoms with Gasteiger partial charge in [-0.25, -0.2) is 0 Å². The average molecular weight is 263 g/mol. The van der Waals surface area contributed by atoms with Crippen LogP contribution < -0.4 is 0 Å². The highest BCUT2D eigenvalue weighted by Crippen LogP contribution is 2.21. The first-order chi connectivity index (χ1) is 9.12. The van der Waals surface area contributed by atoms with Crippen molar-refractivity contribution in [1.82, 2.24) is 0 Å². The number of azide groups is 1. The van der Waals surface area contributed by atoms with Crippen LogP contribution in [0.2, 0.25) is 0 Å². The zero-order chi connectivity index (χ0) is 14.3. The van der Waals surface area contributed by atoms with Crippen molar-refractivity contribution in [2.45, 2.75) is 18.6 Å². The molecule has 100 valence electrons. The first kappa shape index (κ1) is 14.8. The minimum absolute atomic E-state index is 0.0443. The Morgan fingerprint density at radius 2 is 1.79 bits per heavy atom. The van der Waals surface area contributed by atoms with Crippen molar-refractivity contribution in [2.24, 2.45) is 5.11 Å². The topological polar surface area (TPSA) is 123 Å². The Labute approximate surface area is 109 Å². The van der Waals surface area contributed by atoms with E-state index in [1.165, 1.54) is 18.2 Å². The quantitative estimate of drug-likeness (QED) is 0.334. The second kappa shape index (κ2) is 7.27. The Morgan fingerprint density at radius 1 is 1.21 bits per heavy atom. The van der Waals surface area contributed by atoms with Crippen molar-refractivity contribution >= 4 is 12.6 Å². The molecule has 0 bridgehead atoms. The van der Waals surface area contributed by atoms with E-state index in [2.05, 4.69) is 10.0 Å². The molecule has 2 unspecified atom stereocenters. The van der Waals surface area contributed by atoms with E-state index in [1.807, 2.05) is 0 Å². The van der Waals surface area contributed by atoms with Gasteiger partial charge < -0.3 is 10.2 Å². The number of aliphatic hydroxyl groups is 2. The predicted octanol–water partition coefficient (Wildman–Crippen LogP) is 1.41. The summed E-state index contributed by atoms with van der Waals surface area (Å²) in [5.41, 5.74) is 8.85. The van der Waals surface area contributed by atoms with Crippen LogP contribution in [0.25, 0.3) is 10.4 Å². The van der Waals surface area contributed by atoms with Crippen molar-refractivity contribution in [2.75, 3.05) is 6.54 Å². The van der Waals surface area contributed by atoms with E-state index < -0.39 is 12.2 Å². The van der Waals surface area contributed by atoms with Crippen LogP contribution in [0.4, 0.5) is 0 Å². The van der Waals surface area contributed by atoms with Crippen molar-refractivity contribution in [3.05, 3.63) is 45.3 Å². The van der Waals surface area contributed by atoms with Crippen LogP contribution in [-0.2, 0) is 0 Å². The summed E-state index contributed by atoms with van der Waals surface area (Å²) in [4.78, 5) is 24.0. The summed E-state index contributed by atoms with van der Waals surface area (Å²) in [6, 6.07) is 4.16. The number of carbonyl (C=O) groups is 2. The molecule has 0 aliphatic heterocycles. The molecule has 7 heteroatoms. The first-order valence-electron chi connectivity index (χ1n) is 5.54. The zero-order valence-corrected chi connectivity index (χ0v) is 10.0. The van der Waals surface area contributed by atoms with Crippen LogP contribution >= 0.6 is 0 Å². The van der Waals surface area contributed by atoms with E-state index in [4.69, 9.17) is 5.53 Å². The number of aliphatic hydroxyl groups excluding tert-OH is 2. The lowest BCUT2D eigenvalue weighted by atomic mass is 9.98. The second-order valence-corrected chi connectivity index (χ2v) is 3.92. The molecule has 2 N–H and O–H groups in total. The van der Waals surface area contributed by atoms with Gasteiger partial charge in [0, 0.05) is 22.6 Å². The molecule has 1 rings (SSSR count). The van der Waals surface area contributed by atoms with Crippen LogP contribution in [0.1, 0.15) is 38.8 Å². The van der Waals surface area contributed by atoms with Gasteiger partial charge in [-0.3, -0.25) is 9.59 Å². The summed E-state index contributed by atoms with van der Waals surface area (Å²) in [7, 11) is 0. The summed E-state index contributed by atoms with van der Waals surface area (Å²) in [5, 5.41) is 22.9. The van der Waals surface area contributed by atoms with Crippen LogP contribution in [-0.4, -0.2) is 35.4 Å². The van der Waals surface area contributed by atoms with Crippen molar-refractivity contribution < 1.29 is 19.8 Å². The number of hydrogen-bond acceptors (Lipinski definition) is 5. The Morgan fingerprint density at radius 3 is 2.26 bits per heavy atom. The highest BCUT2D eigenvalue weighted by Gasteiger charge is 2.18. The van der Waals surface area contributed by atoms with Crippen LogP contribution in [0.5, 0.6) is 0 Å². The number of carbonyl (C=O) groups excluding carboxylic acids is 2. The molecule has 0 amide bonds. The van der Waals surface area contributed by atoms with Crippen molar-refractivity contribution in [1.29, 1.82) is 0 Å². The highest BCUT2D eigenvalue weighted by atomic mass is 16.3. The van der Waals surface area contributed by atoms with Gasteiger partial charge in [0.25, 0.3) is 0 Å². The van der Waals surface area contributed by atoms with Gasteiger partial charge in [-0.05, 0) is 35.7 Å².